The lowest BCUT2D eigenvalue weighted by molar-refractivity contribution is 0.148. The van der Waals surface area contributed by atoms with Gasteiger partial charge in [-0.1, -0.05) is 12.1 Å². The zero-order valence-electron chi connectivity index (χ0n) is 9.82. The molecule has 1 fully saturated rings. The first kappa shape index (κ1) is 10.8. The smallest absolute Gasteiger partial charge is 0.0692 e. The number of hydrogen-bond acceptors (Lipinski definition) is 2. The Morgan fingerprint density at radius 2 is 2.24 bits per heavy atom. The molecule has 3 rings (SSSR count). The number of aliphatic hydroxyl groups is 1. The zero-order valence-corrected chi connectivity index (χ0v) is 9.82. The van der Waals surface area contributed by atoms with Crippen LogP contribution < -0.4 is 5.32 Å². The molecule has 90 valence electrons. The van der Waals surface area contributed by atoms with E-state index in [4.69, 9.17) is 0 Å². The lowest BCUT2D eigenvalue weighted by Gasteiger charge is -2.11. The second kappa shape index (κ2) is 4.51. The standard InChI is InChI=1S/C14H18N2O/c17-14(10-4-5-10)9-15-8-11-2-1-3-13-12(11)6-7-16-13/h1-3,6-7,10,14-17H,4-5,8-9H2. The molecular weight excluding hydrogens is 212 g/mol. The van der Waals surface area contributed by atoms with Gasteiger partial charge in [0, 0.05) is 30.2 Å². The molecule has 0 amide bonds. The van der Waals surface area contributed by atoms with Crippen molar-refractivity contribution in [2.24, 2.45) is 5.92 Å². The number of aliphatic hydroxyl groups excluding tert-OH is 1. The van der Waals surface area contributed by atoms with E-state index in [1.165, 1.54) is 29.3 Å². The van der Waals surface area contributed by atoms with Crippen LogP contribution in [0.3, 0.4) is 0 Å². The monoisotopic (exact) mass is 230 g/mol. The normalized spacial score (nSPS) is 17.5. The Labute approximate surface area is 101 Å². The van der Waals surface area contributed by atoms with E-state index in [1.807, 2.05) is 6.20 Å². The van der Waals surface area contributed by atoms with Crippen LogP contribution in [0.5, 0.6) is 0 Å². The highest BCUT2D eigenvalue weighted by Crippen LogP contribution is 2.32. The van der Waals surface area contributed by atoms with Crippen molar-refractivity contribution in [3.63, 3.8) is 0 Å². The number of aromatic nitrogens is 1. The zero-order chi connectivity index (χ0) is 11.7. The van der Waals surface area contributed by atoms with Crippen LogP contribution in [0.1, 0.15) is 18.4 Å². The number of rotatable bonds is 5. The van der Waals surface area contributed by atoms with Gasteiger partial charge in [0.2, 0.25) is 0 Å². The van der Waals surface area contributed by atoms with Gasteiger partial charge in [0.1, 0.15) is 0 Å². The Balaban J connectivity index is 1.62. The third kappa shape index (κ3) is 2.35. The van der Waals surface area contributed by atoms with Gasteiger partial charge in [-0.15, -0.1) is 0 Å². The summed E-state index contributed by atoms with van der Waals surface area (Å²) in [5, 5.41) is 14.4. The van der Waals surface area contributed by atoms with E-state index in [9.17, 15) is 5.11 Å². The van der Waals surface area contributed by atoms with Crippen molar-refractivity contribution >= 4 is 10.9 Å². The molecule has 0 saturated heterocycles. The Morgan fingerprint density at radius 1 is 1.35 bits per heavy atom. The Morgan fingerprint density at radius 3 is 3.06 bits per heavy atom. The number of H-pyrrole nitrogens is 1. The fourth-order valence-corrected chi connectivity index (χ4v) is 2.31. The molecule has 1 heterocycles. The topological polar surface area (TPSA) is 48.0 Å². The predicted molar refractivity (Wildman–Crippen MR) is 68.7 cm³/mol. The summed E-state index contributed by atoms with van der Waals surface area (Å²) in [6.45, 7) is 1.52. The summed E-state index contributed by atoms with van der Waals surface area (Å²) in [5.74, 6) is 0.547. The molecule has 1 aliphatic carbocycles. The highest BCUT2D eigenvalue weighted by molar-refractivity contribution is 5.82. The Bertz CT molecular complexity index is 502. The van der Waals surface area contributed by atoms with Crippen molar-refractivity contribution in [2.45, 2.75) is 25.5 Å². The van der Waals surface area contributed by atoms with Gasteiger partial charge in [-0.2, -0.15) is 0 Å². The van der Waals surface area contributed by atoms with Crippen LogP contribution in [-0.4, -0.2) is 22.7 Å². The van der Waals surface area contributed by atoms with Crippen LogP contribution in [0, 0.1) is 5.92 Å². The Kier molecular flexibility index (Phi) is 2.87. The first-order valence-electron chi connectivity index (χ1n) is 6.28. The fourth-order valence-electron chi connectivity index (χ4n) is 2.31. The first-order valence-corrected chi connectivity index (χ1v) is 6.28. The molecule has 1 aromatic carbocycles. The molecule has 0 spiro atoms. The molecule has 17 heavy (non-hydrogen) atoms. The molecule has 0 bridgehead atoms. The number of fused-ring (bicyclic) bond motifs is 1. The molecule has 2 aromatic rings. The summed E-state index contributed by atoms with van der Waals surface area (Å²) in [7, 11) is 0. The lowest BCUT2D eigenvalue weighted by Crippen LogP contribution is -2.27. The summed E-state index contributed by atoms with van der Waals surface area (Å²) < 4.78 is 0. The molecule has 1 unspecified atom stereocenters. The van der Waals surface area contributed by atoms with Gasteiger partial charge in [0.25, 0.3) is 0 Å². The van der Waals surface area contributed by atoms with Crippen LogP contribution in [0.25, 0.3) is 10.9 Å². The molecule has 0 radical (unpaired) electrons. The van der Waals surface area contributed by atoms with Gasteiger partial charge in [-0.25, -0.2) is 0 Å². The molecule has 3 nitrogen and oxygen atoms in total. The summed E-state index contributed by atoms with van der Waals surface area (Å²) in [6.07, 6.45) is 4.18. The van der Waals surface area contributed by atoms with E-state index in [1.54, 1.807) is 0 Å². The third-order valence-corrected chi connectivity index (χ3v) is 3.52. The van der Waals surface area contributed by atoms with E-state index < -0.39 is 0 Å². The van der Waals surface area contributed by atoms with Crippen LogP contribution in [0.4, 0.5) is 0 Å². The second-order valence-corrected chi connectivity index (χ2v) is 4.89. The maximum Gasteiger partial charge on any atom is 0.0692 e. The van der Waals surface area contributed by atoms with Gasteiger partial charge in [-0.05, 0) is 36.5 Å². The van der Waals surface area contributed by atoms with Crippen molar-refractivity contribution in [1.29, 1.82) is 0 Å². The molecule has 3 heteroatoms. The minimum atomic E-state index is -0.166. The molecule has 3 N–H and O–H groups in total. The quantitative estimate of drug-likeness (QED) is 0.736. The molecule has 0 aliphatic heterocycles. The largest absolute Gasteiger partial charge is 0.392 e. The Hall–Kier alpha value is -1.32. The van der Waals surface area contributed by atoms with Gasteiger partial charge in [0.15, 0.2) is 0 Å². The molecule has 1 saturated carbocycles. The maximum absolute atomic E-state index is 9.77. The average Bonchev–Trinajstić information content (AvgIpc) is 3.07. The minimum Gasteiger partial charge on any atom is -0.392 e. The van der Waals surface area contributed by atoms with Gasteiger partial charge in [0.05, 0.1) is 6.10 Å². The van der Waals surface area contributed by atoms with E-state index in [0.717, 1.165) is 6.54 Å². The van der Waals surface area contributed by atoms with E-state index in [2.05, 4.69) is 34.6 Å². The van der Waals surface area contributed by atoms with Crippen LogP contribution in [0.15, 0.2) is 30.5 Å². The number of hydrogen-bond donors (Lipinski definition) is 3. The van der Waals surface area contributed by atoms with Gasteiger partial charge in [-0.3, -0.25) is 0 Å². The van der Waals surface area contributed by atoms with E-state index in [-0.39, 0.29) is 6.10 Å². The van der Waals surface area contributed by atoms with Gasteiger partial charge < -0.3 is 15.4 Å². The molecule has 1 atom stereocenters. The predicted octanol–water partition coefficient (Wildman–Crippen LogP) is 2.03. The van der Waals surface area contributed by atoms with Crippen LogP contribution >= 0.6 is 0 Å². The minimum absolute atomic E-state index is 0.166. The van der Waals surface area contributed by atoms with E-state index >= 15 is 0 Å². The van der Waals surface area contributed by atoms with Crippen molar-refractivity contribution < 1.29 is 5.11 Å². The summed E-state index contributed by atoms with van der Waals surface area (Å²) in [6, 6.07) is 8.38. The summed E-state index contributed by atoms with van der Waals surface area (Å²) in [4.78, 5) is 3.21. The van der Waals surface area contributed by atoms with Crippen molar-refractivity contribution in [1.82, 2.24) is 10.3 Å². The number of nitrogens with one attached hydrogen (secondary N) is 2. The average molecular weight is 230 g/mol. The summed E-state index contributed by atoms with van der Waals surface area (Å²) >= 11 is 0. The molecular formula is C14H18N2O. The SMILES string of the molecule is OC(CNCc1cccc2[nH]ccc12)C1CC1. The van der Waals surface area contributed by atoms with Crippen molar-refractivity contribution in [3.8, 4) is 0 Å². The highest BCUT2D eigenvalue weighted by Gasteiger charge is 2.29. The van der Waals surface area contributed by atoms with Crippen LogP contribution in [0.2, 0.25) is 0 Å². The van der Waals surface area contributed by atoms with Crippen LogP contribution in [-0.2, 0) is 6.54 Å². The number of aromatic amines is 1. The van der Waals surface area contributed by atoms with Gasteiger partial charge >= 0.3 is 0 Å². The first-order chi connectivity index (χ1) is 8.34. The third-order valence-electron chi connectivity index (χ3n) is 3.52. The van der Waals surface area contributed by atoms with Crippen molar-refractivity contribution in [2.75, 3.05) is 6.54 Å². The van der Waals surface area contributed by atoms with E-state index in [0.29, 0.717) is 12.5 Å². The second-order valence-electron chi connectivity index (χ2n) is 4.89. The number of benzene rings is 1. The van der Waals surface area contributed by atoms with Crippen molar-refractivity contribution in [3.05, 3.63) is 36.0 Å². The molecule has 1 aliphatic rings. The molecule has 1 aromatic heterocycles. The highest BCUT2D eigenvalue weighted by atomic mass is 16.3. The maximum atomic E-state index is 9.77. The lowest BCUT2D eigenvalue weighted by atomic mass is 10.1. The fraction of sp³-hybridized carbons (Fsp3) is 0.429. The summed E-state index contributed by atoms with van der Waals surface area (Å²) in [5.41, 5.74) is 2.46.